The Hall–Kier alpha value is -3.82. The summed E-state index contributed by atoms with van der Waals surface area (Å²) in [5, 5.41) is 26.5. The number of hydrogen-bond donors (Lipinski definition) is 2. The topological polar surface area (TPSA) is 144 Å². The van der Waals surface area contributed by atoms with Crippen LogP contribution in [0, 0.1) is 25.6 Å². The highest BCUT2D eigenvalue weighted by Crippen LogP contribution is 2.47. The number of nitro groups is 2. The highest BCUT2D eigenvalue weighted by atomic mass is 16.6. The second kappa shape index (κ2) is 6.83. The van der Waals surface area contributed by atoms with Crippen LogP contribution < -0.4 is 10.6 Å². The van der Waals surface area contributed by atoms with Crippen molar-refractivity contribution < 1.29 is 19.4 Å². The largest absolute Gasteiger partial charge is 0.325 e. The van der Waals surface area contributed by atoms with Gasteiger partial charge in [0.05, 0.1) is 9.85 Å². The van der Waals surface area contributed by atoms with Crippen LogP contribution in [0.15, 0.2) is 48.5 Å². The van der Waals surface area contributed by atoms with Crippen LogP contribution in [0.5, 0.6) is 0 Å². The summed E-state index contributed by atoms with van der Waals surface area (Å²) >= 11 is 0. The molecule has 0 heterocycles. The first-order valence-corrected chi connectivity index (χ1v) is 7.94. The van der Waals surface area contributed by atoms with E-state index in [0.29, 0.717) is 24.2 Å². The number of non-ortho nitro benzene ring substituents is 2. The Balaban J connectivity index is 1.66. The van der Waals surface area contributed by atoms with Crippen molar-refractivity contribution in [2.75, 3.05) is 10.6 Å². The maximum Gasteiger partial charge on any atom is 0.269 e. The quantitative estimate of drug-likeness (QED) is 0.454. The van der Waals surface area contributed by atoms with Gasteiger partial charge in [-0.1, -0.05) is 0 Å². The molecule has 3 rings (SSSR count). The van der Waals surface area contributed by atoms with Gasteiger partial charge in [-0.15, -0.1) is 0 Å². The molecule has 0 aromatic heterocycles. The van der Waals surface area contributed by atoms with E-state index in [0.717, 1.165) is 0 Å². The summed E-state index contributed by atoms with van der Waals surface area (Å²) in [6.07, 6.45) is 0.731. The zero-order valence-corrected chi connectivity index (χ0v) is 13.9. The number of amides is 2. The van der Waals surface area contributed by atoms with Gasteiger partial charge in [-0.2, -0.15) is 0 Å². The predicted molar refractivity (Wildman–Crippen MR) is 95.1 cm³/mol. The van der Waals surface area contributed by atoms with Gasteiger partial charge in [0.1, 0.15) is 5.41 Å². The van der Waals surface area contributed by atoms with Gasteiger partial charge in [0.2, 0.25) is 11.8 Å². The molecular formula is C17H14N4O6. The van der Waals surface area contributed by atoms with Crippen LogP contribution in [0.2, 0.25) is 0 Å². The third-order valence-electron chi connectivity index (χ3n) is 4.29. The molecule has 1 fully saturated rings. The summed E-state index contributed by atoms with van der Waals surface area (Å²) in [6, 6.07) is 10.6. The van der Waals surface area contributed by atoms with Gasteiger partial charge in [0, 0.05) is 35.6 Å². The van der Waals surface area contributed by atoms with Gasteiger partial charge in [-0.25, -0.2) is 0 Å². The van der Waals surface area contributed by atoms with E-state index in [1.54, 1.807) is 0 Å². The molecule has 0 unspecified atom stereocenters. The van der Waals surface area contributed by atoms with Crippen molar-refractivity contribution in [1.82, 2.24) is 0 Å². The van der Waals surface area contributed by atoms with Gasteiger partial charge in [0.15, 0.2) is 0 Å². The summed E-state index contributed by atoms with van der Waals surface area (Å²) in [7, 11) is 0. The number of hydrogen-bond acceptors (Lipinski definition) is 6. The monoisotopic (exact) mass is 370 g/mol. The van der Waals surface area contributed by atoms with E-state index in [1.165, 1.54) is 48.5 Å². The summed E-state index contributed by atoms with van der Waals surface area (Å²) < 4.78 is 0. The molecule has 1 aliphatic rings. The summed E-state index contributed by atoms with van der Waals surface area (Å²) in [6.45, 7) is 0. The zero-order valence-electron chi connectivity index (χ0n) is 13.9. The number of carbonyl (C=O) groups excluding carboxylic acids is 2. The third-order valence-corrected chi connectivity index (χ3v) is 4.29. The zero-order chi connectivity index (χ0) is 19.6. The van der Waals surface area contributed by atoms with Gasteiger partial charge >= 0.3 is 0 Å². The second-order valence-electron chi connectivity index (χ2n) is 6.10. The molecule has 2 aromatic rings. The normalized spacial score (nSPS) is 14.1. The predicted octanol–water partition coefficient (Wildman–Crippen LogP) is 2.86. The fraction of sp³-hybridized carbons (Fsp3) is 0.176. The molecule has 0 aliphatic heterocycles. The molecule has 1 saturated carbocycles. The minimum atomic E-state index is -1.22. The molecule has 10 heteroatoms. The summed E-state index contributed by atoms with van der Waals surface area (Å²) in [5.41, 5.74) is -0.737. The van der Waals surface area contributed by atoms with Crippen molar-refractivity contribution in [3.8, 4) is 0 Å². The van der Waals surface area contributed by atoms with Crippen molar-refractivity contribution in [3.05, 3.63) is 68.8 Å². The standard InChI is InChI=1S/C17H14N4O6/c22-15(18-11-1-5-13(6-2-11)20(24)25)17(9-10-17)16(23)19-12-3-7-14(8-4-12)21(26)27/h1-8H,9-10H2,(H,18,22)(H,19,23). The maximum atomic E-state index is 12.5. The van der Waals surface area contributed by atoms with Gasteiger partial charge in [-0.05, 0) is 37.1 Å². The first-order valence-electron chi connectivity index (χ1n) is 7.94. The van der Waals surface area contributed by atoms with Crippen molar-refractivity contribution in [3.63, 3.8) is 0 Å². The Bertz CT molecular complexity index is 846. The fourth-order valence-electron chi connectivity index (χ4n) is 2.52. The third kappa shape index (κ3) is 3.73. The van der Waals surface area contributed by atoms with Gasteiger partial charge in [-0.3, -0.25) is 29.8 Å². The van der Waals surface area contributed by atoms with E-state index < -0.39 is 27.1 Å². The first kappa shape index (κ1) is 18.0. The number of benzene rings is 2. The fourth-order valence-corrected chi connectivity index (χ4v) is 2.52. The minimum absolute atomic E-state index is 0.106. The van der Waals surface area contributed by atoms with Crippen molar-refractivity contribution in [2.45, 2.75) is 12.8 Å². The molecule has 0 spiro atoms. The molecule has 0 radical (unpaired) electrons. The second-order valence-corrected chi connectivity index (χ2v) is 6.10. The molecule has 10 nitrogen and oxygen atoms in total. The Labute approximate surface area is 152 Å². The SMILES string of the molecule is O=C(Nc1ccc([N+](=O)[O-])cc1)C1(C(=O)Nc2ccc([N+](=O)[O-])cc2)CC1. The lowest BCUT2D eigenvalue weighted by atomic mass is 10.0. The summed E-state index contributed by atoms with van der Waals surface area (Å²) in [5.74, 6) is -1.01. The highest BCUT2D eigenvalue weighted by Gasteiger charge is 2.56. The number of carbonyl (C=O) groups is 2. The molecule has 2 amide bonds. The Morgan fingerprint density at radius 2 is 1.07 bits per heavy atom. The lowest BCUT2D eigenvalue weighted by Gasteiger charge is -2.15. The molecule has 2 N–H and O–H groups in total. The lowest BCUT2D eigenvalue weighted by Crippen LogP contribution is -2.35. The Morgan fingerprint density at radius 3 is 1.33 bits per heavy atom. The van der Waals surface area contributed by atoms with Crippen molar-refractivity contribution in [2.24, 2.45) is 5.41 Å². The molecule has 2 aromatic carbocycles. The van der Waals surface area contributed by atoms with E-state index in [2.05, 4.69) is 10.6 Å². The van der Waals surface area contributed by atoms with Crippen LogP contribution >= 0.6 is 0 Å². The first-order chi connectivity index (χ1) is 12.8. The number of nitrogens with one attached hydrogen (secondary N) is 2. The molecule has 0 atom stereocenters. The van der Waals surface area contributed by atoms with Crippen LogP contribution in [0.4, 0.5) is 22.7 Å². The summed E-state index contributed by atoms with van der Waals surface area (Å²) in [4.78, 5) is 45.2. The van der Waals surface area contributed by atoms with Crippen molar-refractivity contribution >= 4 is 34.6 Å². The lowest BCUT2D eigenvalue weighted by molar-refractivity contribution is -0.385. The number of nitro benzene ring substituents is 2. The average molecular weight is 370 g/mol. The molecule has 1 aliphatic carbocycles. The molecule has 138 valence electrons. The van der Waals surface area contributed by atoms with Crippen molar-refractivity contribution in [1.29, 1.82) is 0 Å². The number of anilines is 2. The average Bonchev–Trinajstić information content (AvgIpc) is 3.44. The van der Waals surface area contributed by atoms with Gasteiger partial charge in [0.25, 0.3) is 11.4 Å². The minimum Gasteiger partial charge on any atom is -0.325 e. The van der Waals surface area contributed by atoms with Gasteiger partial charge < -0.3 is 10.6 Å². The van der Waals surface area contributed by atoms with E-state index in [4.69, 9.17) is 0 Å². The molecular weight excluding hydrogens is 356 g/mol. The van der Waals surface area contributed by atoms with E-state index in [1.807, 2.05) is 0 Å². The Morgan fingerprint density at radius 1 is 0.741 bits per heavy atom. The highest BCUT2D eigenvalue weighted by molar-refractivity contribution is 6.16. The van der Waals surface area contributed by atoms with Crippen LogP contribution in [-0.2, 0) is 9.59 Å². The van der Waals surface area contributed by atoms with E-state index in [-0.39, 0.29) is 11.4 Å². The molecule has 27 heavy (non-hydrogen) atoms. The van der Waals surface area contributed by atoms with Crippen LogP contribution in [0.25, 0.3) is 0 Å². The molecule has 0 bridgehead atoms. The smallest absolute Gasteiger partial charge is 0.269 e. The van der Waals surface area contributed by atoms with Crippen LogP contribution in [-0.4, -0.2) is 21.7 Å². The van der Waals surface area contributed by atoms with Crippen LogP contribution in [0.1, 0.15) is 12.8 Å². The van der Waals surface area contributed by atoms with E-state index in [9.17, 15) is 29.8 Å². The number of rotatable bonds is 6. The maximum absolute atomic E-state index is 12.5. The Kier molecular flexibility index (Phi) is 4.55. The van der Waals surface area contributed by atoms with Crippen LogP contribution in [0.3, 0.4) is 0 Å². The number of nitrogens with zero attached hydrogens (tertiary/aromatic N) is 2. The molecule has 0 saturated heterocycles. The van der Waals surface area contributed by atoms with E-state index >= 15 is 0 Å².